The Hall–Kier alpha value is -0.870. The van der Waals surface area contributed by atoms with Crippen LogP contribution in [0.25, 0.3) is 0 Å². The second kappa shape index (κ2) is 3.86. The predicted molar refractivity (Wildman–Crippen MR) is 63.3 cm³/mol. The van der Waals surface area contributed by atoms with Crippen LogP contribution in [0.3, 0.4) is 0 Å². The molecule has 1 amide bonds. The highest BCUT2D eigenvalue weighted by atomic mass is 79.9. The summed E-state index contributed by atoms with van der Waals surface area (Å²) in [7, 11) is 0. The molecule has 3 rings (SSSR count). The van der Waals surface area contributed by atoms with Gasteiger partial charge in [-0.15, -0.1) is 0 Å². The Morgan fingerprint density at radius 1 is 1.38 bits per heavy atom. The summed E-state index contributed by atoms with van der Waals surface area (Å²) >= 11 is 3.37. The Labute approximate surface area is 103 Å². The Balaban J connectivity index is 1.80. The Kier molecular flexibility index (Phi) is 2.48. The molecular weight excluding hydrogens is 270 g/mol. The number of nitrogens with zero attached hydrogens (tertiary/aromatic N) is 1. The van der Waals surface area contributed by atoms with Crippen LogP contribution in [0.15, 0.2) is 28.7 Å². The zero-order valence-electron chi connectivity index (χ0n) is 8.73. The summed E-state index contributed by atoms with van der Waals surface area (Å²) in [6.07, 6.45) is 1.27. The molecule has 2 heterocycles. The van der Waals surface area contributed by atoms with Gasteiger partial charge >= 0.3 is 0 Å². The largest absolute Gasteiger partial charge is 0.374 e. The molecule has 0 saturated carbocycles. The molecule has 0 radical (unpaired) electrons. The third kappa shape index (κ3) is 1.66. The number of halogens is 1. The highest BCUT2D eigenvalue weighted by molar-refractivity contribution is 9.10. The Bertz CT molecular complexity index is 418. The quantitative estimate of drug-likeness (QED) is 0.789. The summed E-state index contributed by atoms with van der Waals surface area (Å²) in [5, 5.41) is 0. The number of rotatable bonds is 1. The van der Waals surface area contributed by atoms with Crippen molar-refractivity contribution in [2.24, 2.45) is 0 Å². The maximum atomic E-state index is 12.2. The number of morpholine rings is 1. The second-order valence-electron chi connectivity index (χ2n) is 4.31. The van der Waals surface area contributed by atoms with Gasteiger partial charge in [-0.3, -0.25) is 4.79 Å². The van der Waals surface area contributed by atoms with Crippen molar-refractivity contribution in [2.75, 3.05) is 13.2 Å². The zero-order chi connectivity index (χ0) is 11.1. The molecule has 3 nitrogen and oxygen atoms in total. The lowest BCUT2D eigenvalue weighted by atomic mass is 10.2. The molecule has 84 valence electrons. The molecule has 1 aromatic carbocycles. The van der Waals surface area contributed by atoms with Gasteiger partial charge in [0.15, 0.2) is 0 Å². The molecule has 0 aliphatic carbocycles. The molecular formula is C12H12BrNO2. The van der Waals surface area contributed by atoms with Gasteiger partial charge in [0.25, 0.3) is 5.91 Å². The maximum Gasteiger partial charge on any atom is 0.254 e. The standard InChI is InChI=1S/C12H12BrNO2/c13-9-3-1-8(2-4-9)12(15)14-6-11-5-10(14)7-16-11/h1-4,10-11H,5-7H2. The van der Waals surface area contributed by atoms with E-state index in [9.17, 15) is 4.79 Å². The van der Waals surface area contributed by atoms with Crippen molar-refractivity contribution < 1.29 is 9.53 Å². The molecule has 2 aliphatic heterocycles. The summed E-state index contributed by atoms with van der Waals surface area (Å²) in [4.78, 5) is 14.1. The van der Waals surface area contributed by atoms with Gasteiger partial charge in [-0.2, -0.15) is 0 Å². The number of carbonyl (C=O) groups is 1. The van der Waals surface area contributed by atoms with Crippen LogP contribution in [-0.4, -0.2) is 36.1 Å². The number of amides is 1. The average molecular weight is 282 g/mol. The van der Waals surface area contributed by atoms with Crippen molar-refractivity contribution in [2.45, 2.75) is 18.6 Å². The molecule has 2 fully saturated rings. The highest BCUT2D eigenvalue weighted by Crippen LogP contribution is 2.29. The minimum Gasteiger partial charge on any atom is -0.374 e. The van der Waals surface area contributed by atoms with E-state index in [0.29, 0.717) is 12.6 Å². The van der Waals surface area contributed by atoms with Gasteiger partial charge < -0.3 is 9.64 Å². The van der Waals surface area contributed by atoms with Gasteiger partial charge in [0.1, 0.15) is 0 Å². The number of likely N-dealkylation sites (tertiary alicyclic amines) is 1. The summed E-state index contributed by atoms with van der Waals surface area (Å²) in [6, 6.07) is 7.82. The molecule has 0 aromatic heterocycles. The monoisotopic (exact) mass is 281 g/mol. The van der Waals surface area contributed by atoms with E-state index >= 15 is 0 Å². The highest BCUT2D eigenvalue weighted by Gasteiger charge is 2.41. The first kappa shape index (κ1) is 10.3. The van der Waals surface area contributed by atoms with Gasteiger partial charge in [-0.05, 0) is 30.7 Å². The van der Waals surface area contributed by atoms with Crippen LogP contribution in [-0.2, 0) is 4.74 Å². The lowest BCUT2D eigenvalue weighted by Crippen LogP contribution is -2.41. The predicted octanol–water partition coefficient (Wildman–Crippen LogP) is 2.06. The van der Waals surface area contributed by atoms with Crippen molar-refractivity contribution >= 4 is 21.8 Å². The summed E-state index contributed by atoms with van der Waals surface area (Å²) in [5.41, 5.74) is 0.760. The first-order valence-corrected chi connectivity index (χ1v) is 6.21. The molecule has 2 aliphatic rings. The molecule has 2 atom stereocenters. The number of hydrogen-bond donors (Lipinski definition) is 0. The summed E-state index contributed by atoms with van der Waals surface area (Å²) in [6.45, 7) is 1.45. The number of fused-ring (bicyclic) bond motifs is 2. The average Bonchev–Trinajstić information content (AvgIpc) is 2.91. The van der Waals surface area contributed by atoms with Crippen LogP contribution < -0.4 is 0 Å². The lowest BCUT2D eigenvalue weighted by molar-refractivity contribution is 0.0259. The van der Waals surface area contributed by atoms with Crippen molar-refractivity contribution in [1.82, 2.24) is 4.90 Å². The van der Waals surface area contributed by atoms with Crippen molar-refractivity contribution in [3.63, 3.8) is 0 Å². The third-order valence-corrected chi connectivity index (χ3v) is 3.78. The topological polar surface area (TPSA) is 29.5 Å². The molecule has 2 unspecified atom stereocenters. The van der Waals surface area contributed by atoms with Crippen LogP contribution in [0, 0.1) is 0 Å². The molecule has 1 aromatic rings. The minimum atomic E-state index is 0.128. The van der Waals surface area contributed by atoms with Crippen molar-refractivity contribution in [3.05, 3.63) is 34.3 Å². The van der Waals surface area contributed by atoms with Gasteiger partial charge in [0.05, 0.1) is 18.8 Å². The van der Waals surface area contributed by atoms with Gasteiger partial charge in [-0.25, -0.2) is 0 Å². The molecule has 2 bridgehead atoms. The van der Waals surface area contributed by atoms with E-state index in [0.717, 1.165) is 23.0 Å². The van der Waals surface area contributed by atoms with Crippen LogP contribution in [0.1, 0.15) is 16.8 Å². The van der Waals surface area contributed by atoms with Crippen LogP contribution in [0.2, 0.25) is 0 Å². The van der Waals surface area contributed by atoms with Crippen molar-refractivity contribution in [3.8, 4) is 0 Å². The van der Waals surface area contributed by atoms with Crippen molar-refractivity contribution in [1.29, 1.82) is 0 Å². The number of benzene rings is 1. The van der Waals surface area contributed by atoms with Gasteiger partial charge in [0.2, 0.25) is 0 Å². The maximum absolute atomic E-state index is 12.2. The van der Waals surface area contributed by atoms with E-state index in [4.69, 9.17) is 4.74 Å². The first-order valence-electron chi connectivity index (χ1n) is 5.42. The fourth-order valence-electron chi connectivity index (χ4n) is 2.41. The van der Waals surface area contributed by atoms with E-state index in [-0.39, 0.29) is 12.0 Å². The number of carbonyl (C=O) groups excluding carboxylic acids is 1. The first-order chi connectivity index (χ1) is 7.74. The second-order valence-corrected chi connectivity index (χ2v) is 5.22. The summed E-state index contributed by atoms with van der Waals surface area (Å²) in [5.74, 6) is 0.128. The van der Waals surface area contributed by atoms with Gasteiger partial charge in [-0.1, -0.05) is 15.9 Å². The molecule has 0 spiro atoms. The number of hydrogen-bond acceptors (Lipinski definition) is 2. The minimum absolute atomic E-state index is 0.128. The number of ether oxygens (including phenoxy) is 1. The van der Waals surface area contributed by atoms with E-state index in [1.807, 2.05) is 29.2 Å². The Morgan fingerprint density at radius 3 is 2.69 bits per heavy atom. The van der Waals surface area contributed by atoms with E-state index in [1.54, 1.807) is 0 Å². The fourth-order valence-corrected chi connectivity index (χ4v) is 2.67. The summed E-state index contributed by atoms with van der Waals surface area (Å²) < 4.78 is 6.48. The Morgan fingerprint density at radius 2 is 2.12 bits per heavy atom. The van der Waals surface area contributed by atoms with E-state index < -0.39 is 0 Å². The normalized spacial score (nSPS) is 27.4. The van der Waals surface area contributed by atoms with Crippen LogP contribution >= 0.6 is 15.9 Å². The molecule has 4 heteroatoms. The SMILES string of the molecule is O=C(c1ccc(Br)cc1)N1CC2CC1CO2. The van der Waals surface area contributed by atoms with Crippen LogP contribution in [0.5, 0.6) is 0 Å². The van der Waals surface area contributed by atoms with Crippen LogP contribution in [0.4, 0.5) is 0 Å². The van der Waals surface area contributed by atoms with Gasteiger partial charge in [0, 0.05) is 16.6 Å². The van der Waals surface area contributed by atoms with E-state index in [1.165, 1.54) is 0 Å². The lowest BCUT2D eigenvalue weighted by Gasteiger charge is -2.26. The molecule has 2 saturated heterocycles. The molecule has 16 heavy (non-hydrogen) atoms. The third-order valence-electron chi connectivity index (χ3n) is 3.25. The zero-order valence-corrected chi connectivity index (χ0v) is 10.3. The fraction of sp³-hybridized carbons (Fsp3) is 0.417. The van der Waals surface area contributed by atoms with E-state index in [2.05, 4.69) is 15.9 Å². The smallest absolute Gasteiger partial charge is 0.254 e. The molecule has 0 N–H and O–H groups in total.